The molecule has 1 aromatic carbocycles. The van der Waals surface area contributed by atoms with Crippen LogP contribution in [-0.4, -0.2) is 43.7 Å². The van der Waals surface area contributed by atoms with Gasteiger partial charge in [-0.1, -0.05) is 0 Å². The second kappa shape index (κ2) is 8.86. The third-order valence-corrected chi connectivity index (χ3v) is 3.33. The highest BCUT2D eigenvalue weighted by atomic mass is 35.5. The Morgan fingerprint density at radius 1 is 1.29 bits per heavy atom. The van der Waals surface area contributed by atoms with Gasteiger partial charge >= 0.3 is 0 Å². The fraction of sp³-hybridized carbons (Fsp3) is 0.429. The summed E-state index contributed by atoms with van der Waals surface area (Å²) in [5.74, 6) is -5.75. The van der Waals surface area contributed by atoms with E-state index in [-0.39, 0.29) is 18.5 Å². The van der Waals surface area contributed by atoms with E-state index in [2.05, 4.69) is 16.0 Å². The van der Waals surface area contributed by atoms with Crippen molar-refractivity contribution in [3.05, 3.63) is 29.6 Å². The molecule has 0 saturated carbocycles. The Bertz CT molecular complexity index is 618. The minimum Gasteiger partial charge on any atom is -0.375 e. The highest BCUT2D eigenvalue weighted by Crippen LogP contribution is 2.19. The number of carbonyl (C=O) groups is 2. The normalized spacial score (nSPS) is 20.0. The largest absolute Gasteiger partial charge is 0.375 e. The number of anilines is 1. The van der Waals surface area contributed by atoms with Gasteiger partial charge in [0.05, 0.1) is 24.9 Å². The van der Waals surface area contributed by atoms with Gasteiger partial charge in [-0.15, -0.1) is 12.4 Å². The van der Waals surface area contributed by atoms with E-state index < -0.39 is 47.5 Å². The van der Waals surface area contributed by atoms with E-state index in [0.29, 0.717) is 19.2 Å². The van der Waals surface area contributed by atoms with Gasteiger partial charge in [-0.25, -0.2) is 13.2 Å². The summed E-state index contributed by atoms with van der Waals surface area (Å²) in [6.45, 7) is 2.27. The van der Waals surface area contributed by atoms with Gasteiger partial charge in [0.25, 0.3) is 0 Å². The van der Waals surface area contributed by atoms with Gasteiger partial charge in [-0.3, -0.25) is 9.59 Å². The van der Waals surface area contributed by atoms with Crippen molar-refractivity contribution in [3.8, 4) is 0 Å². The molecule has 0 unspecified atom stereocenters. The number of ether oxygens (including phenoxy) is 1. The van der Waals surface area contributed by atoms with Crippen molar-refractivity contribution in [1.82, 2.24) is 10.6 Å². The quantitative estimate of drug-likeness (QED) is 0.693. The second-order valence-corrected chi connectivity index (χ2v) is 5.00. The van der Waals surface area contributed by atoms with Crippen LogP contribution in [0.5, 0.6) is 0 Å². The lowest BCUT2D eigenvalue weighted by Gasteiger charge is -2.29. The van der Waals surface area contributed by atoms with Gasteiger partial charge in [0.2, 0.25) is 11.8 Å². The van der Waals surface area contributed by atoms with Crippen LogP contribution in [0.1, 0.15) is 6.92 Å². The third-order valence-electron chi connectivity index (χ3n) is 3.33. The molecule has 0 aliphatic carbocycles. The van der Waals surface area contributed by atoms with Gasteiger partial charge in [0, 0.05) is 6.54 Å². The molecule has 0 radical (unpaired) electrons. The lowest BCUT2D eigenvalue weighted by molar-refractivity contribution is -0.130. The molecule has 3 N–H and O–H groups in total. The van der Waals surface area contributed by atoms with E-state index >= 15 is 0 Å². The fourth-order valence-corrected chi connectivity index (χ4v) is 2.12. The van der Waals surface area contributed by atoms with Crippen LogP contribution in [0.2, 0.25) is 0 Å². The molecule has 1 fully saturated rings. The van der Waals surface area contributed by atoms with Crippen LogP contribution in [0, 0.1) is 17.5 Å². The van der Waals surface area contributed by atoms with Crippen LogP contribution in [0.15, 0.2) is 12.1 Å². The van der Waals surface area contributed by atoms with Crippen molar-refractivity contribution >= 4 is 29.9 Å². The maximum Gasteiger partial charge on any atom is 0.243 e. The van der Waals surface area contributed by atoms with Crippen LogP contribution >= 0.6 is 12.4 Å². The fourth-order valence-electron chi connectivity index (χ4n) is 2.12. The van der Waals surface area contributed by atoms with Crippen molar-refractivity contribution in [1.29, 1.82) is 0 Å². The van der Waals surface area contributed by atoms with Crippen molar-refractivity contribution in [2.75, 3.05) is 25.0 Å². The first-order chi connectivity index (χ1) is 10.9. The summed E-state index contributed by atoms with van der Waals surface area (Å²) < 4.78 is 44.6. The van der Waals surface area contributed by atoms with Gasteiger partial charge < -0.3 is 20.7 Å². The summed E-state index contributed by atoms with van der Waals surface area (Å²) >= 11 is 0. The number of benzene rings is 1. The zero-order valence-electron chi connectivity index (χ0n) is 12.7. The molecule has 0 spiro atoms. The topological polar surface area (TPSA) is 79.5 Å². The zero-order chi connectivity index (χ0) is 17.0. The second-order valence-electron chi connectivity index (χ2n) is 5.00. The van der Waals surface area contributed by atoms with E-state index in [0.717, 1.165) is 6.07 Å². The van der Waals surface area contributed by atoms with E-state index in [1.54, 1.807) is 6.92 Å². The Labute approximate surface area is 142 Å². The number of nitrogens with one attached hydrogen (secondary N) is 3. The Morgan fingerprint density at radius 2 is 2.00 bits per heavy atom. The average Bonchev–Trinajstić information content (AvgIpc) is 2.53. The monoisotopic (exact) mass is 367 g/mol. The van der Waals surface area contributed by atoms with Crippen LogP contribution in [0.4, 0.5) is 18.9 Å². The number of hydrogen-bond acceptors (Lipinski definition) is 4. The summed E-state index contributed by atoms with van der Waals surface area (Å²) in [6, 6.07) is 0.987. The summed E-state index contributed by atoms with van der Waals surface area (Å²) in [4.78, 5) is 23.6. The SMILES string of the molecule is C[C@H]1OCCN[C@@H]1C(=O)NCC(=O)Nc1ccc(F)c(F)c1F.Cl. The molecule has 10 heteroatoms. The lowest BCUT2D eigenvalue weighted by Crippen LogP contribution is -2.56. The lowest BCUT2D eigenvalue weighted by atomic mass is 10.1. The Hall–Kier alpha value is -1.84. The van der Waals surface area contributed by atoms with E-state index in [9.17, 15) is 22.8 Å². The minimum atomic E-state index is -1.68. The molecule has 1 heterocycles. The van der Waals surface area contributed by atoms with Gasteiger partial charge in [0.15, 0.2) is 17.5 Å². The molecular formula is C14H17ClF3N3O3. The van der Waals surface area contributed by atoms with Crippen LogP contribution in [-0.2, 0) is 14.3 Å². The van der Waals surface area contributed by atoms with Crippen LogP contribution in [0.3, 0.4) is 0 Å². The van der Waals surface area contributed by atoms with Crippen molar-refractivity contribution in [2.45, 2.75) is 19.1 Å². The number of amides is 2. The van der Waals surface area contributed by atoms with E-state index in [1.165, 1.54) is 0 Å². The van der Waals surface area contributed by atoms with Crippen molar-refractivity contribution < 1.29 is 27.5 Å². The van der Waals surface area contributed by atoms with Gasteiger partial charge in [0.1, 0.15) is 6.04 Å². The molecule has 0 bridgehead atoms. The number of carbonyl (C=O) groups excluding carboxylic acids is 2. The zero-order valence-corrected chi connectivity index (χ0v) is 13.5. The van der Waals surface area contributed by atoms with Gasteiger partial charge in [-0.2, -0.15) is 0 Å². The third kappa shape index (κ3) is 4.83. The first-order valence-electron chi connectivity index (χ1n) is 6.96. The molecule has 6 nitrogen and oxygen atoms in total. The Morgan fingerprint density at radius 3 is 2.67 bits per heavy atom. The van der Waals surface area contributed by atoms with Crippen LogP contribution in [0.25, 0.3) is 0 Å². The molecule has 1 saturated heterocycles. The summed E-state index contributed by atoms with van der Waals surface area (Å²) in [5.41, 5.74) is -0.504. The highest BCUT2D eigenvalue weighted by Gasteiger charge is 2.28. The smallest absolute Gasteiger partial charge is 0.243 e. The molecular weight excluding hydrogens is 351 g/mol. The first-order valence-corrected chi connectivity index (χ1v) is 6.96. The van der Waals surface area contributed by atoms with Crippen molar-refractivity contribution in [2.24, 2.45) is 0 Å². The molecule has 2 atom stereocenters. The minimum absolute atomic E-state index is 0. The van der Waals surface area contributed by atoms with E-state index in [4.69, 9.17) is 4.74 Å². The highest BCUT2D eigenvalue weighted by molar-refractivity contribution is 5.95. The Balaban J connectivity index is 0.00000288. The predicted molar refractivity (Wildman–Crippen MR) is 82.4 cm³/mol. The Kier molecular flexibility index (Phi) is 7.46. The maximum absolute atomic E-state index is 13.4. The number of morpholine rings is 1. The summed E-state index contributed by atoms with van der Waals surface area (Å²) in [6.07, 6.45) is -0.351. The summed E-state index contributed by atoms with van der Waals surface area (Å²) in [7, 11) is 0. The number of halogens is 4. The number of hydrogen-bond donors (Lipinski definition) is 3. The van der Waals surface area contributed by atoms with Crippen molar-refractivity contribution in [3.63, 3.8) is 0 Å². The molecule has 0 aromatic heterocycles. The molecule has 1 aliphatic heterocycles. The maximum atomic E-state index is 13.4. The average molecular weight is 368 g/mol. The van der Waals surface area contributed by atoms with E-state index in [1.807, 2.05) is 0 Å². The predicted octanol–water partition coefficient (Wildman–Crippen LogP) is 0.957. The van der Waals surface area contributed by atoms with Gasteiger partial charge in [-0.05, 0) is 19.1 Å². The molecule has 2 amide bonds. The van der Waals surface area contributed by atoms with Crippen LogP contribution < -0.4 is 16.0 Å². The number of rotatable bonds is 4. The molecule has 1 aliphatic rings. The first kappa shape index (κ1) is 20.2. The molecule has 2 rings (SSSR count). The standard InChI is InChI=1S/C14H16F3N3O3.ClH/c1-7-13(18-4-5-23-7)14(22)19-6-10(21)20-9-3-2-8(15)11(16)12(9)17;/h2-3,7,13,18H,4-6H2,1H3,(H,19,22)(H,20,21);1H/t7-,13+;/m1./s1. The summed E-state index contributed by atoms with van der Waals surface area (Å²) in [5, 5.41) is 7.37. The molecule has 1 aromatic rings. The molecule has 24 heavy (non-hydrogen) atoms. The molecule has 134 valence electrons.